The van der Waals surface area contributed by atoms with Crippen LogP contribution in [0.4, 0.5) is 11.5 Å². The lowest BCUT2D eigenvalue weighted by Crippen LogP contribution is -2.13. The molecule has 1 heterocycles. The molecule has 3 N–H and O–H groups in total. The number of anilines is 2. The number of aromatic nitrogens is 2. The van der Waals surface area contributed by atoms with Gasteiger partial charge in [-0.15, -0.1) is 0 Å². The Labute approximate surface area is 116 Å². The van der Waals surface area contributed by atoms with E-state index in [1.807, 2.05) is 6.92 Å². The summed E-state index contributed by atoms with van der Waals surface area (Å²) in [5.41, 5.74) is 6.57. The number of nitrogens with one attached hydrogen (secondary N) is 1. The number of hydrogen-bond donors (Lipinski definition) is 2. The van der Waals surface area contributed by atoms with Crippen LogP contribution in [0.15, 0.2) is 0 Å². The third kappa shape index (κ3) is 4.93. The third-order valence-corrected chi connectivity index (χ3v) is 2.65. The zero-order valence-corrected chi connectivity index (χ0v) is 12.5. The molecule has 19 heavy (non-hydrogen) atoms. The van der Waals surface area contributed by atoms with E-state index in [1.165, 1.54) is 0 Å². The summed E-state index contributed by atoms with van der Waals surface area (Å²) in [6.07, 6.45) is 2.99. The van der Waals surface area contributed by atoms with E-state index in [0.29, 0.717) is 29.9 Å². The Kier molecular flexibility index (Phi) is 6.39. The molecule has 0 bridgehead atoms. The average Bonchev–Trinajstić information content (AvgIpc) is 2.39. The van der Waals surface area contributed by atoms with Crippen LogP contribution in [-0.4, -0.2) is 23.1 Å². The predicted octanol–water partition coefficient (Wildman–Crippen LogP) is 2.87. The van der Waals surface area contributed by atoms with Gasteiger partial charge in [-0.1, -0.05) is 34.1 Å². The average molecular weight is 266 g/mol. The number of rotatable bonds is 8. The molecule has 0 aliphatic rings. The number of nitrogens with zero attached hydrogens (tertiary/aromatic N) is 2. The molecule has 0 aliphatic heterocycles. The van der Waals surface area contributed by atoms with Gasteiger partial charge in [-0.05, 0) is 12.3 Å². The minimum absolute atomic E-state index is 0.441. The van der Waals surface area contributed by atoms with Crippen LogP contribution in [0.2, 0.25) is 0 Å². The summed E-state index contributed by atoms with van der Waals surface area (Å²) in [5, 5.41) is 3.26. The number of unbranched alkanes of at least 4 members (excludes halogenated alkanes) is 1. The lowest BCUT2D eigenvalue weighted by atomic mass is 10.2. The van der Waals surface area contributed by atoms with Crippen molar-refractivity contribution in [3.8, 4) is 5.88 Å². The first-order valence-corrected chi connectivity index (χ1v) is 7.11. The molecule has 1 rings (SSSR count). The van der Waals surface area contributed by atoms with Crippen molar-refractivity contribution in [1.82, 2.24) is 9.97 Å². The molecule has 0 amide bonds. The Morgan fingerprint density at radius 2 is 2.00 bits per heavy atom. The Hall–Kier alpha value is -1.52. The molecule has 0 atom stereocenters. The minimum Gasteiger partial charge on any atom is -0.476 e. The van der Waals surface area contributed by atoms with E-state index in [4.69, 9.17) is 10.5 Å². The Morgan fingerprint density at radius 1 is 1.26 bits per heavy atom. The largest absolute Gasteiger partial charge is 0.476 e. The zero-order chi connectivity index (χ0) is 14.3. The van der Waals surface area contributed by atoms with E-state index in [2.05, 4.69) is 36.1 Å². The van der Waals surface area contributed by atoms with Crippen molar-refractivity contribution in [2.24, 2.45) is 5.92 Å². The summed E-state index contributed by atoms with van der Waals surface area (Å²) in [5.74, 6) is 2.39. The fourth-order valence-corrected chi connectivity index (χ4v) is 1.53. The highest BCUT2D eigenvalue weighted by Crippen LogP contribution is 2.26. The Bertz CT molecular complexity index is 393. The van der Waals surface area contributed by atoms with Crippen molar-refractivity contribution in [3.63, 3.8) is 0 Å². The molecule has 108 valence electrons. The fourth-order valence-electron chi connectivity index (χ4n) is 1.53. The molecule has 0 aliphatic carbocycles. The molecular formula is C14H26N4O. The van der Waals surface area contributed by atoms with Crippen LogP contribution in [0.25, 0.3) is 0 Å². The first kappa shape index (κ1) is 15.5. The standard InChI is InChI=1S/C14H26N4O/c1-5-7-8-16-13-12(15)14(19-9-10(3)4)18-11(6-2)17-13/h10H,5-9,15H2,1-4H3,(H,16,17,18). The summed E-state index contributed by atoms with van der Waals surface area (Å²) < 4.78 is 5.67. The predicted molar refractivity (Wildman–Crippen MR) is 79.6 cm³/mol. The van der Waals surface area contributed by atoms with Gasteiger partial charge in [0.05, 0.1) is 6.61 Å². The van der Waals surface area contributed by atoms with Crippen LogP contribution in [0.1, 0.15) is 46.4 Å². The smallest absolute Gasteiger partial charge is 0.242 e. The normalized spacial score (nSPS) is 10.8. The van der Waals surface area contributed by atoms with E-state index in [-0.39, 0.29) is 0 Å². The van der Waals surface area contributed by atoms with Crippen molar-refractivity contribution < 1.29 is 4.74 Å². The summed E-state index contributed by atoms with van der Waals surface area (Å²) in [6, 6.07) is 0. The van der Waals surface area contributed by atoms with Crippen molar-refractivity contribution in [2.75, 3.05) is 24.2 Å². The highest BCUT2D eigenvalue weighted by Gasteiger charge is 2.12. The Morgan fingerprint density at radius 3 is 2.58 bits per heavy atom. The van der Waals surface area contributed by atoms with E-state index in [1.54, 1.807) is 0 Å². The lowest BCUT2D eigenvalue weighted by Gasteiger charge is -2.14. The van der Waals surface area contributed by atoms with Gasteiger partial charge < -0.3 is 15.8 Å². The van der Waals surface area contributed by atoms with Crippen LogP contribution >= 0.6 is 0 Å². The number of nitrogens with two attached hydrogens (primary N) is 1. The summed E-state index contributed by atoms with van der Waals surface area (Å²) in [6.45, 7) is 9.84. The van der Waals surface area contributed by atoms with Gasteiger partial charge in [0.2, 0.25) is 5.88 Å². The first-order chi connectivity index (χ1) is 9.08. The fraction of sp³-hybridized carbons (Fsp3) is 0.714. The van der Waals surface area contributed by atoms with Gasteiger partial charge in [-0.2, -0.15) is 4.98 Å². The van der Waals surface area contributed by atoms with Gasteiger partial charge >= 0.3 is 0 Å². The number of aryl methyl sites for hydroxylation is 1. The van der Waals surface area contributed by atoms with E-state index in [0.717, 1.165) is 31.6 Å². The molecule has 1 aromatic rings. The van der Waals surface area contributed by atoms with Gasteiger partial charge in [0.1, 0.15) is 11.5 Å². The minimum atomic E-state index is 0.441. The van der Waals surface area contributed by atoms with Gasteiger partial charge in [0.25, 0.3) is 0 Å². The molecule has 0 radical (unpaired) electrons. The molecule has 0 fully saturated rings. The molecule has 5 nitrogen and oxygen atoms in total. The number of nitrogen functional groups attached to an aromatic ring is 1. The van der Waals surface area contributed by atoms with Crippen LogP contribution in [0.5, 0.6) is 5.88 Å². The number of ether oxygens (including phenoxy) is 1. The zero-order valence-electron chi connectivity index (χ0n) is 12.5. The second-order valence-electron chi connectivity index (χ2n) is 5.05. The summed E-state index contributed by atoms with van der Waals surface area (Å²) >= 11 is 0. The SMILES string of the molecule is CCCCNc1nc(CC)nc(OCC(C)C)c1N. The molecule has 1 aromatic heterocycles. The number of hydrogen-bond acceptors (Lipinski definition) is 5. The van der Waals surface area contributed by atoms with E-state index >= 15 is 0 Å². The van der Waals surface area contributed by atoms with Crippen LogP contribution in [0.3, 0.4) is 0 Å². The molecule has 0 spiro atoms. The van der Waals surface area contributed by atoms with Crippen LogP contribution < -0.4 is 15.8 Å². The lowest BCUT2D eigenvalue weighted by molar-refractivity contribution is 0.262. The summed E-state index contributed by atoms with van der Waals surface area (Å²) in [4.78, 5) is 8.78. The van der Waals surface area contributed by atoms with Gasteiger partial charge in [0.15, 0.2) is 5.82 Å². The van der Waals surface area contributed by atoms with Crippen molar-refractivity contribution in [3.05, 3.63) is 5.82 Å². The van der Waals surface area contributed by atoms with Crippen molar-refractivity contribution in [1.29, 1.82) is 0 Å². The highest BCUT2D eigenvalue weighted by molar-refractivity contribution is 5.66. The van der Waals surface area contributed by atoms with Gasteiger partial charge in [-0.25, -0.2) is 4.98 Å². The summed E-state index contributed by atoms with van der Waals surface area (Å²) in [7, 11) is 0. The molecule has 0 aromatic carbocycles. The molecule has 0 unspecified atom stereocenters. The van der Waals surface area contributed by atoms with Gasteiger partial charge in [-0.3, -0.25) is 0 Å². The van der Waals surface area contributed by atoms with E-state index in [9.17, 15) is 0 Å². The van der Waals surface area contributed by atoms with E-state index < -0.39 is 0 Å². The van der Waals surface area contributed by atoms with Crippen LogP contribution in [-0.2, 0) is 6.42 Å². The molecule has 5 heteroatoms. The maximum atomic E-state index is 6.06. The Balaban J connectivity index is 2.86. The van der Waals surface area contributed by atoms with Gasteiger partial charge in [0, 0.05) is 13.0 Å². The molecule has 0 saturated carbocycles. The van der Waals surface area contributed by atoms with Crippen LogP contribution in [0, 0.1) is 5.92 Å². The maximum Gasteiger partial charge on any atom is 0.242 e. The third-order valence-electron chi connectivity index (χ3n) is 2.65. The maximum absolute atomic E-state index is 6.06. The second-order valence-corrected chi connectivity index (χ2v) is 5.05. The first-order valence-electron chi connectivity index (χ1n) is 7.11. The van der Waals surface area contributed by atoms with Crippen molar-refractivity contribution in [2.45, 2.75) is 47.0 Å². The van der Waals surface area contributed by atoms with Crippen molar-refractivity contribution >= 4 is 11.5 Å². The molecular weight excluding hydrogens is 240 g/mol. The second kappa shape index (κ2) is 7.81. The quantitative estimate of drug-likeness (QED) is 0.708. The molecule has 0 saturated heterocycles. The topological polar surface area (TPSA) is 73.1 Å². The highest BCUT2D eigenvalue weighted by atomic mass is 16.5. The monoisotopic (exact) mass is 266 g/mol.